The van der Waals surface area contributed by atoms with Gasteiger partial charge in [0.2, 0.25) is 5.91 Å². The molecule has 1 saturated heterocycles. The summed E-state index contributed by atoms with van der Waals surface area (Å²) in [5.41, 5.74) is 10.7. The van der Waals surface area contributed by atoms with Crippen molar-refractivity contribution in [1.29, 1.82) is 0 Å². The molecular formula is C14H28N4O2. The molecule has 3 amide bonds. The largest absolute Gasteiger partial charge is 0.351 e. The molecule has 1 heterocycles. The highest BCUT2D eigenvalue weighted by molar-refractivity contribution is 5.81. The minimum atomic E-state index is -0.453. The Labute approximate surface area is 121 Å². The van der Waals surface area contributed by atoms with Gasteiger partial charge in [-0.15, -0.1) is 0 Å². The van der Waals surface area contributed by atoms with Crippen LogP contribution in [0.15, 0.2) is 0 Å². The third-order valence-corrected chi connectivity index (χ3v) is 3.84. The first kappa shape index (κ1) is 16.8. The van der Waals surface area contributed by atoms with Crippen LogP contribution in [0.2, 0.25) is 0 Å². The molecule has 0 radical (unpaired) electrons. The molecule has 0 spiro atoms. The number of hydrogen-bond donors (Lipinski definition) is 3. The zero-order valence-electron chi connectivity index (χ0n) is 12.8. The minimum Gasteiger partial charge on any atom is -0.351 e. The van der Waals surface area contributed by atoms with Crippen LogP contribution in [0.3, 0.4) is 0 Å². The third kappa shape index (κ3) is 4.67. The van der Waals surface area contributed by atoms with E-state index in [9.17, 15) is 9.59 Å². The fraction of sp³-hybridized carbons (Fsp3) is 0.857. The highest BCUT2D eigenvalue weighted by Crippen LogP contribution is 2.20. The van der Waals surface area contributed by atoms with Crippen molar-refractivity contribution in [2.45, 2.75) is 45.6 Å². The number of hydrogen-bond acceptors (Lipinski definition) is 3. The molecule has 2 unspecified atom stereocenters. The molecule has 0 aromatic carbocycles. The van der Waals surface area contributed by atoms with Crippen LogP contribution >= 0.6 is 0 Å². The highest BCUT2D eigenvalue weighted by Gasteiger charge is 2.32. The zero-order valence-corrected chi connectivity index (χ0v) is 12.8. The molecule has 5 N–H and O–H groups in total. The van der Waals surface area contributed by atoms with Crippen LogP contribution in [0.25, 0.3) is 0 Å². The standard InChI is InChI=1S/C14H28N4O2/c1-10(2)7-14(3,9-15)17-12(19)11-5-4-6-18(8-11)13(16)20/h10-11H,4-9,15H2,1-3H3,(H2,16,20)(H,17,19). The first-order valence-corrected chi connectivity index (χ1v) is 7.34. The fourth-order valence-corrected chi connectivity index (χ4v) is 2.88. The first-order valence-electron chi connectivity index (χ1n) is 7.34. The van der Waals surface area contributed by atoms with Crippen molar-refractivity contribution in [2.24, 2.45) is 23.3 Å². The van der Waals surface area contributed by atoms with Crippen molar-refractivity contribution in [3.8, 4) is 0 Å². The zero-order chi connectivity index (χ0) is 15.3. The van der Waals surface area contributed by atoms with Gasteiger partial charge in [0.15, 0.2) is 0 Å². The Morgan fingerprint density at radius 3 is 2.60 bits per heavy atom. The molecule has 1 aliphatic heterocycles. The van der Waals surface area contributed by atoms with E-state index in [0.29, 0.717) is 25.6 Å². The number of carbonyl (C=O) groups excluding carboxylic acids is 2. The number of rotatable bonds is 5. The number of nitrogens with zero attached hydrogens (tertiary/aromatic N) is 1. The van der Waals surface area contributed by atoms with E-state index in [1.54, 1.807) is 0 Å². The van der Waals surface area contributed by atoms with Crippen LogP contribution < -0.4 is 16.8 Å². The van der Waals surface area contributed by atoms with Gasteiger partial charge in [0.25, 0.3) is 0 Å². The van der Waals surface area contributed by atoms with Gasteiger partial charge in [-0.2, -0.15) is 0 Å². The number of piperidine rings is 1. The van der Waals surface area contributed by atoms with Gasteiger partial charge < -0.3 is 21.7 Å². The Balaban J connectivity index is 2.62. The van der Waals surface area contributed by atoms with Gasteiger partial charge in [-0.25, -0.2) is 4.79 Å². The first-order chi connectivity index (χ1) is 9.27. The summed E-state index contributed by atoms with van der Waals surface area (Å²) < 4.78 is 0. The minimum absolute atomic E-state index is 0.0236. The summed E-state index contributed by atoms with van der Waals surface area (Å²) in [6, 6.07) is -0.453. The van der Waals surface area contributed by atoms with Crippen molar-refractivity contribution < 1.29 is 9.59 Å². The van der Waals surface area contributed by atoms with Gasteiger partial charge >= 0.3 is 6.03 Å². The van der Waals surface area contributed by atoms with Crippen LogP contribution in [0.1, 0.15) is 40.0 Å². The van der Waals surface area contributed by atoms with E-state index in [1.165, 1.54) is 4.90 Å². The van der Waals surface area contributed by atoms with Crippen LogP contribution in [0.4, 0.5) is 4.79 Å². The smallest absolute Gasteiger partial charge is 0.314 e. The number of likely N-dealkylation sites (tertiary alicyclic amines) is 1. The average Bonchev–Trinajstić information content (AvgIpc) is 2.37. The molecule has 0 bridgehead atoms. The SMILES string of the molecule is CC(C)CC(C)(CN)NC(=O)C1CCCN(C(N)=O)C1. The van der Waals surface area contributed by atoms with E-state index in [-0.39, 0.29) is 17.4 Å². The monoisotopic (exact) mass is 284 g/mol. The second kappa shape index (κ2) is 6.92. The number of nitrogens with two attached hydrogens (primary N) is 2. The summed E-state index contributed by atoms with van der Waals surface area (Å²) in [5, 5.41) is 3.06. The van der Waals surface area contributed by atoms with Gasteiger partial charge in [-0.1, -0.05) is 13.8 Å². The van der Waals surface area contributed by atoms with E-state index in [4.69, 9.17) is 11.5 Å². The molecule has 6 heteroatoms. The molecule has 0 aromatic heterocycles. The maximum absolute atomic E-state index is 12.4. The Morgan fingerprint density at radius 1 is 1.45 bits per heavy atom. The van der Waals surface area contributed by atoms with E-state index in [1.807, 2.05) is 6.92 Å². The fourth-order valence-electron chi connectivity index (χ4n) is 2.88. The summed E-state index contributed by atoms with van der Waals surface area (Å²) in [4.78, 5) is 25.1. The lowest BCUT2D eigenvalue weighted by Gasteiger charge is -2.36. The molecular weight excluding hydrogens is 256 g/mol. The summed E-state index contributed by atoms with van der Waals surface area (Å²) in [5.74, 6) is 0.246. The molecule has 1 aliphatic rings. The number of nitrogens with one attached hydrogen (secondary N) is 1. The molecule has 1 rings (SSSR count). The maximum Gasteiger partial charge on any atom is 0.314 e. The Kier molecular flexibility index (Phi) is 5.80. The highest BCUT2D eigenvalue weighted by atomic mass is 16.2. The summed E-state index contributed by atoms with van der Waals surface area (Å²) in [6.07, 6.45) is 2.43. The summed E-state index contributed by atoms with van der Waals surface area (Å²) >= 11 is 0. The van der Waals surface area contributed by atoms with Gasteiger partial charge in [0.05, 0.1) is 5.92 Å². The van der Waals surface area contributed by atoms with Crippen molar-refractivity contribution in [1.82, 2.24) is 10.2 Å². The second-order valence-electron chi connectivity index (χ2n) is 6.48. The second-order valence-corrected chi connectivity index (χ2v) is 6.48. The van der Waals surface area contributed by atoms with Gasteiger partial charge in [-0.05, 0) is 32.1 Å². The average molecular weight is 284 g/mol. The lowest BCUT2D eigenvalue weighted by atomic mass is 9.89. The van der Waals surface area contributed by atoms with Crippen LogP contribution in [-0.2, 0) is 4.79 Å². The Bertz CT molecular complexity index is 359. The third-order valence-electron chi connectivity index (χ3n) is 3.84. The van der Waals surface area contributed by atoms with Gasteiger partial charge in [-0.3, -0.25) is 4.79 Å². The van der Waals surface area contributed by atoms with Crippen molar-refractivity contribution in [3.05, 3.63) is 0 Å². The predicted molar refractivity (Wildman–Crippen MR) is 78.9 cm³/mol. The molecule has 1 fully saturated rings. The number of primary amides is 1. The summed E-state index contributed by atoms with van der Waals surface area (Å²) in [7, 11) is 0. The summed E-state index contributed by atoms with van der Waals surface area (Å²) in [6.45, 7) is 7.64. The molecule has 116 valence electrons. The molecule has 0 aliphatic carbocycles. The van der Waals surface area contributed by atoms with E-state index >= 15 is 0 Å². The quantitative estimate of drug-likeness (QED) is 0.691. The van der Waals surface area contributed by atoms with E-state index < -0.39 is 6.03 Å². The van der Waals surface area contributed by atoms with E-state index in [0.717, 1.165) is 19.3 Å². The Hall–Kier alpha value is -1.30. The molecule has 2 atom stereocenters. The maximum atomic E-state index is 12.4. The van der Waals surface area contributed by atoms with Crippen LogP contribution in [-0.4, -0.2) is 42.0 Å². The number of carbonyl (C=O) groups is 2. The lowest BCUT2D eigenvalue weighted by Crippen LogP contribution is -2.56. The number of urea groups is 1. The topological polar surface area (TPSA) is 101 Å². The lowest BCUT2D eigenvalue weighted by molar-refractivity contribution is -0.128. The van der Waals surface area contributed by atoms with E-state index in [2.05, 4.69) is 19.2 Å². The molecule has 20 heavy (non-hydrogen) atoms. The molecule has 0 aromatic rings. The normalized spacial score (nSPS) is 22.4. The van der Waals surface area contributed by atoms with Crippen LogP contribution in [0.5, 0.6) is 0 Å². The van der Waals surface area contributed by atoms with Gasteiger partial charge in [0, 0.05) is 25.2 Å². The number of amides is 3. The van der Waals surface area contributed by atoms with Crippen LogP contribution in [0, 0.1) is 11.8 Å². The van der Waals surface area contributed by atoms with Gasteiger partial charge in [0.1, 0.15) is 0 Å². The predicted octanol–water partition coefficient (Wildman–Crippen LogP) is 0.657. The van der Waals surface area contributed by atoms with Crippen molar-refractivity contribution in [2.75, 3.05) is 19.6 Å². The van der Waals surface area contributed by atoms with Crippen molar-refractivity contribution in [3.63, 3.8) is 0 Å². The Morgan fingerprint density at radius 2 is 2.10 bits per heavy atom. The molecule has 0 saturated carbocycles. The van der Waals surface area contributed by atoms with Crippen molar-refractivity contribution >= 4 is 11.9 Å². The molecule has 6 nitrogen and oxygen atoms in total.